The maximum absolute atomic E-state index is 12.4. The van der Waals surface area contributed by atoms with Gasteiger partial charge in [-0.3, -0.25) is 0 Å². The summed E-state index contributed by atoms with van der Waals surface area (Å²) < 4.78 is 3.47. The molecule has 2 aromatic rings. The van der Waals surface area contributed by atoms with Gasteiger partial charge in [0.2, 0.25) is 0 Å². The number of amides is 2. The van der Waals surface area contributed by atoms with E-state index in [1.54, 1.807) is 19.9 Å². The number of nitrogens with zero attached hydrogens (tertiary/aromatic N) is 2. The van der Waals surface area contributed by atoms with Crippen molar-refractivity contribution in [1.29, 1.82) is 0 Å². The number of rotatable bonds is 4. The van der Waals surface area contributed by atoms with Crippen LogP contribution < -0.4 is 9.41 Å². The summed E-state index contributed by atoms with van der Waals surface area (Å²) in [6.07, 6.45) is 0. The molecule has 132 valence electrons. The van der Waals surface area contributed by atoms with E-state index in [9.17, 15) is 9.59 Å². The second-order valence-corrected chi connectivity index (χ2v) is 11.1. The summed E-state index contributed by atoms with van der Waals surface area (Å²) in [5.74, 6) is -0.0335. The smallest absolute Gasteiger partial charge is 1.00 e. The first-order valence-electron chi connectivity index (χ1n) is 7.34. The first-order valence-corrected chi connectivity index (χ1v) is 10.6. The molecule has 0 N–H and O–H groups in total. The molecule has 0 aliphatic carbocycles. The zero-order valence-corrected chi connectivity index (χ0v) is 18.2. The van der Waals surface area contributed by atoms with Gasteiger partial charge in [-0.15, -0.1) is 0 Å². The van der Waals surface area contributed by atoms with Crippen molar-refractivity contribution in [1.82, 2.24) is 5.78 Å². The predicted octanol–water partition coefficient (Wildman–Crippen LogP) is -2.93. The van der Waals surface area contributed by atoms with Crippen LogP contribution in [0.1, 0.15) is 31.8 Å². The topological polar surface area (TPSA) is 40.6 Å². The summed E-state index contributed by atoms with van der Waals surface area (Å²) >= 11 is -1.74. The number of hydrogen-bond donors (Lipinski definition) is 0. The molecular weight excluding hydrogens is 493 g/mol. The number of halogens is 2. The van der Waals surface area contributed by atoms with Crippen LogP contribution in [0, 0.1) is 13.8 Å². The van der Waals surface area contributed by atoms with E-state index >= 15 is 0 Å². The van der Waals surface area contributed by atoms with E-state index in [-0.39, 0.29) is 21.2 Å². The molecule has 0 bridgehead atoms. The Morgan fingerprint density at radius 3 is 1.24 bits per heavy atom. The van der Waals surface area contributed by atoms with Crippen molar-refractivity contribution in [2.24, 2.45) is 0 Å². The van der Waals surface area contributed by atoms with E-state index in [0.29, 0.717) is 11.1 Å². The minimum Gasteiger partial charge on any atom is -1.00 e. The molecule has 0 aliphatic rings. The molecule has 0 heterocycles. The van der Waals surface area contributed by atoms with Crippen LogP contribution in [0.25, 0.3) is 0 Å². The van der Waals surface area contributed by atoms with Crippen LogP contribution >= 0.6 is 0 Å². The van der Waals surface area contributed by atoms with E-state index in [0.717, 1.165) is 11.1 Å². The molecule has 25 heavy (non-hydrogen) atoms. The molecule has 7 heteroatoms. The Balaban J connectivity index is 0.00000288. The molecule has 2 aromatic carbocycles. The SMILES string of the molecule is Cc1ccc(C(=O)[N](C)[Hf+2][N](C)C(=O)c2ccc(C)cc2)cc1.[F-].[F-]. The Hall–Kier alpha value is -1.89. The van der Waals surface area contributed by atoms with Crippen molar-refractivity contribution in [3.8, 4) is 0 Å². The third-order valence-electron chi connectivity index (χ3n) is 3.51. The van der Waals surface area contributed by atoms with Crippen LogP contribution in [-0.4, -0.2) is 31.7 Å². The molecule has 4 nitrogen and oxygen atoms in total. The molecule has 0 atom stereocenters. The average molecular weight is 513 g/mol. The van der Waals surface area contributed by atoms with Crippen LogP contribution in [0.15, 0.2) is 48.5 Å². The van der Waals surface area contributed by atoms with Gasteiger partial charge in [-0.1, -0.05) is 0 Å². The Morgan fingerprint density at radius 2 is 0.960 bits per heavy atom. The van der Waals surface area contributed by atoms with Crippen molar-refractivity contribution >= 4 is 11.8 Å². The largest absolute Gasteiger partial charge is 1.00 e. The molecular formula is C18H20F2HfN2O2. The van der Waals surface area contributed by atoms with Gasteiger partial charge in [0.1, 0.15) is 0 Å². The van der Waals surface area contributed by atoms with E-state index < -0.39 is 23.5 Å². The van der Waals surface area contributed by atoms with Gasteiger partial charge in [-0.05, 0) is 0 Å². The van der Waals surface area contributed by atoms with Gasteiger partial charge in [0.15, 0.2) is 0 Å². The number of carbonyl (C=O) groups is 2. The summed E-state index contributed by atoms with van der Waals surface area (Å²) in [5.41, 5.74) is 3.58. The number of aryl methyl sites for hydroxylation is 2. The van der Waals surface area contributed by atoms with Gasteiger partial charge < -0.3 is 9.41 Å². The van der Waals surface area contributed by atoms with Gasteiger partial charge >= 0.3 is 149 Å². The van der Waals surface area contributed by atoms with Gasteiger partial charge in [0, 0.05) is 0 Å². The summed E-state index contributed by atoms with van der Waals surface area (Å²) in [5, 5.41) is 0. The van der Waals surface area contributed by atoms with Crippen molar-refractivity contribution < 1.29 is 42.5 Å². The zero-order valence-electron chi connectivity index (χ0n) is 14.6. The standard InChI is InChI=1S/2C9H11NO.2FH.Hf/c2*1-7-3-5-8(6-4-7)9(11)10-2;;;/h2*3-6H,1-2H3,(H,10,11);2*1H;/q;;;;+4/p-4. The molecule has 0 saturated heterocycles. The van der Waals surface area contributed by atoms with Gasteiger partial charge in [0.05, 0.1) is 0 Å². The Labute approximate surface area is 158 Å². The van der Waals surface area contributed by atoms with Crippen molar-refractivity contribution in [3.05, 3.63) is 70.8 Å². The number of hydrogen-bond acceptors (Lipinski definition) is 2. The van der Waals surface area contributed by atoms with Crippen molar-refractivity contribution in [3.63, 3.8) is 0 Å². The monoisotopic (exact) mass is 514 g/mol. The van der Waals surface area contributed by atoms with E-state index in [2.05, 4.69) is 0 Å². The molecule has 0 fully saturated rings. The van der Waals surface area contributed by atoms with Crippen LogP contribution in [-0.2, 0) is 23.5 Å². The van der Waals surface area contributed by atoms with Crippen LogP contribution in [0.4, 0.5) is 0 Å². The fourth-order valence-electron chi connectivity index (χ4n) is 2.10. The van der Waals surface area contributed by atoms with Crippen LogP contribution in [0.2, 0.25) is 0 Å². The van der Waals surface area contributed by atoms with Gasteiger partial charge in [0.25, 0.3) is 0 Å². The average Bonchev–Trinajstić information content (AvgIpc) is 2.54. The van der Waals surface area contributed by atoms with E-state index in [1.807, 2.05) is 62.4 Å². The summed E-state index contributed by atoms with van der Waals surface area (Å²) in [6.45, 7) is 3.98. The van der Waals surface area contributed by atoms with Crippen molar-refractivity contribution in [2.75, 3.05) is 14.1 Å². The fraction of sp³-hybridized carbons (Fsp3) is 0.222. The summed E-state index contributed by atoms with van der Waals surface area (Å²) in [6, 6.07) is 15.0. The second kappa shape index (κ2) is 10.2. The minimum absolute atomic E-state index is 0. The summed E-state index contributed by atoms with van der Waals surface area (Å²) in [7, 11) is 3.56. The molecule has 2 rings (SSSR count). The predicted molar refractivity (Wildman–Crippen MR) is 86.5 cm³/mol. The number of benzene rings is 2. The van der Waals surface area contributed by atoms with Crippen LogP contribution in [0.3, 0.4) is 0 Å². The first-order chi connectivity index (χ1) is 10.9. The quantitative estimate of drug-likeness (QED) is 0.412. The third kappa shape index (κ3) is 6.16. The Morgan fingerprint density at radius 1 is 0.680 bits per heavy atom. The van der Waals surface area contributed by atoms with Crippen molar-refractivity contribution in [2.45, 2.75) is 13.8 Å². The molecule has 0 saturated carbocycles. The maximum atomic E-state index is 12.4. The minimum atomic E-state index is -1.74. The van der Waals surface area contributed by atoms with Gasteiger partial charge in [-0.25, -0.2) is 0 Å². The zero-order chi connectivity index (χ0) is 17.0. The molecule has 2 amide bonds. The van der Waals surface area contributed by atoms with Gasteiger partial charge in [-0.2, -0.15) is 0 Å². The maximum Gasteiger partial charge on any atom is -1.00 e. The second-order valence-electron chi connectivity index (χ2n) is 5.56. The Kier molecular flexibility index (Phi) is 9.41. The fourth-order valence-corrected chi connectivity index (χ4v) is 5.29. The first kappa shape index (κ1) is 23.1. The Bertz CT molecular complexity index is 645. The molecule has 0 aromatic heterocycles. The van der Waals surface area contributed by atoms with E-state index in [4.69, 9.17) is 0 Å². The van der Waals surface area contributed by atoms with E-state index in [1.165, 1.54) is 0 Å². The van der Waals surface area contributed by atoms with Crippen LogP contribution in [0.5, 0.6) is 0 Å². The molecule has 0 radical (unpaired) electrons. The number of carbonyl (C=O) groups excluding carboxylic acids is 2. The third-order valence-corrected chi connectivity index (χ3v) is 7.12. The molecule has 0 unspecified atom stereocenters. The summed E-state index contributed by atoms with van der Waals surface area (Å²) in [4.78, 5) is 24.9. The molecule has 0 aliphatic heterocycles. The normalized spacial score (nSPS) is 9.12. The molecule has 0 spiro atoms.